The Morgan fingerprint density at radius 3 is 2.37 bits per heavy atom. The molecule has 1 heterocycles. The summed E-state index contributed by atoms with van der Waals surface area (Å²) in [6.45, 7) is 4.63. The topological polar surface area (TPSA) is 63.0 Å². The molecule has 1 aliphatic rings. The number of pyridine rings is 1. The maximum Gasteiger partial charge on any atom is 0.161 e. The van der Waals surface area contributed by atoms with Crippen LogP contribution in [0.5, 0.6) is 0 Å². The summed E-state index contributed by atoms with van der Waals surface area (Å²) in [5, 5.41) is 4.33. The molecule has 0 bridgehead atoms. The van der Waals surface area contributed by atoms with Crippen LogP contribution >= 0.6 is 23.2 Å². The number of nitrogens with zero attached hydrogens (tertiary/aromatic N) is 1. The van der Waals surface area contributed by atoms with Crippen molar-refractivity contribution >= 4 is 34.8 Å². The summed E-state index contributed by atoms with van der Waals surface area (Å²) in [5.74, 6) is 6.45. The third-order valence-electron chi connectivity index (χ3n) is 3.75. The predicted octanol–water partition coefficient (Wildman–Crippen LogP) is 4.05. The van der Waals surface area contributed by atoms with Crippen molar-refractivity contribution in [2.75, 3.05) is 10.7 Å². The van der Waals surface area contributed by atoms with Gasteiger partial charge in [-0.05, 0) is 37.2 Å². The van der Waals surface area contributed by atoms with Crippen LogP contribution in [0.25, 0.3) is 0 Å². The van der Waals surface area contributed by atoms with E-state index in [1.807, 2.05) is 0 Å². The van der Waals surface area contributed by atoms with E-state index in [1.54, 1.807) is 6.07 Å². The summed E-state index contributed by atoms with van der Waals surface area (Å²) in [6.07, 6.45) is 4.66. The van der Waals surface area contributed by atoms with Gasteiger partial charge in [0.1, 0.15) is 5.82 Å². The smallest absolute Gasteiger partial charge is 0.161 e. The lowest BCUT2D eigenvalue weighted by molar-refractivity contribution is 0.232. The molecule has 4 nitrogen and oxygen atoms in total. The highest BCUT2D eigenvalue weighted by Gasteiger charge is 2.27. The zero-order valence-corrected chi connectivity index (χ0v) is 12.8. The molecule has 0 aliphatic heterocycles. The van der Waals surface area contributed by atoms with Gasteiger partial charge in [0.15, 0.2) is 5.82 Å². The van der Waals surface area contributed by atoms with Gasteiger partial charge in [0, 0.05) is 6.04 Å². The largest absolute Gasteiger partial charge is 0.366 e. The number of hydrogen-bond acceptors (Lipinski definition) is 4. The van der Waals surface area contributed by atoms with Crippen LogP contribution in [0.2, 0.25) is 10.0 Å². The van der Waals surface area contributed by atoms with Crippen molar-refractivity contribution in [2.45, 2.75) is 45.6 Å². The monoisotopic (exact) mass is 302 g/mol. The van der Waals surface area contributed by atoms with Gasteiger partial charge in [0.05, 0.1) is 10.0 Å². The van der Waals surface area contributed by atoms with Crippen LogP contribution in [0.1, 0.15) is 39.5 Å². The SMILES string of the molecule is CC1(C)CCC(Nc2nc(NN)c(Cl)cc2Cl)CC1. The maximum atomic E-state index is 6.16. The molecule has 0 unspecified atom stereocenters. The van der Waals surface area contributed by atoms with Gasteiger partial charge < -0.3 is 10.7 Å². The van der Waals surface area contributed by atoms with Gasteiger partial charge in [-0.3, -0.25) is 0 Å². The van der Waals surface area contributed by atoms with Gasteiger partial charge >= 0.3 is 0 Å². The minimum Gasteiger partial charge on any atom is -0.366 e. The van der Waals surface area contributed by atoms with Gasteiger partial charge in [-0.15, -0.1) is 0 Å². The highest BCUT2D eigenvalue weighted by molar-refractivity contribution is 6.37. The Balaban J connectivity index is 2.07. The Hall–Kier alpha value is -0.710. The molecule has 4 N–H and O–H groups in total. The summed E-state index contributed by atoms with van der Waals surface area (Å²) < 4.78 is 0. The molecule has 0 radical (unpaired) electrons. The number of aromatic nitrogens is 1. The lowest BCUT2D eigenvalue weighted by Gasteiger charge is -2.35. The molecule has 0 spiro atoms. The summed E-state index contributed by atoms with van der Waals surface area (Å²) in [6, 6.07) is 2.06. The highest BCUT2D eigenvalue weighted by atomic mass is 35.5. The Morgan fingerprint density at radius 2 is 1.79 bits per heavy atom. The van der Waals surface area contributed by atoms with E-state index in [0.717, 1.165) is 12.8 Å². The Labute approximate surface area is 124 Å². The fourth-order valence-electron chi connectivity index (χ4n) is 2.41. The van der Waals surface area contributed by atoms with E-state index in [1.165, 1.54) is 12.8 Å². The normalized spacial score (nSPS) is 19.2. The van der Waals surface area contributed by atoms with Crippen molar-refractivity contribution in [3.05, 3.63) is 16.1 Å². The quantitative estimate of drug-likeness (QED) is 0.582. The number of hydrazine groups is 1. The Morgan fingerprint density at radius 1 is 1.21 bits per heavy atom. The minimum atomic E-state index is 0.407. The highest BCUT2D eigenvalue weighted by Crippen LogP contribution is 2.37. The second-order valence-electron chi connectivity index (χ2n) is 5.88. The van der Waals surface area contributed by atoms with Gasteiger partial charge in [0.2, 0.25) is 0 Å². The van der Waals surface area contributed by atoms with Crippen molar-refractivity contribution in [1.29, 1.82) is 0 Å². The van der Waals surface area contributed by atoms with Crippen molar-refractivity contribution < 1.29 is 0 Å². The molecule has 0 saturated heterocycles. The minimum absolute atomic E-state index is 0.407. The molecule has 1 aromatic rings. The van der Waals surface area contributed by atoms with E-state index in [9.17, 15) is 0 Å². The van der Waals surface area contributed by atoms with E-state index in [4.69, 9.17) is 29.0 Å². The predicted molar refractivity (Wildman–Crippen MR) is 81.7 cm³/mol. The van der Waals surface area contributed by atoms with E-state index < -0.39 is 0 Å². The molecule has 1 fully saturated rings. The maximum absolute atomic E-state index is 6.16. The number of nitrogens with two attached hydrogens (primary N) is 1. The lowest BCUT2D eigenvalue weighted by atomic mass is 9.75. The van der Waals surface area contributed by atoms with Crippen molar-refractivity contribution in [3.8, 4) is 0 Å². The molecule has 1 saturated carbocycles. The third-order valence-corrected chi connectivity index (χ3v) is 4.32. The van der Waals surface area contributed by atoms with Crippen LogP contribution in [0, 0.1) is 5.41 Å². The standard InChI is InChI=1S/C13H20Cl2N4/c1-13(2)5-3-8(4-6-13)17-11-9(14)7-10(15)12(18-11)19-16/h7-8H,3-6,16H2,1-2H3,(H2,17,18,19). The van der Waals surface area contributed by atoms with Crippen molar-refractivity contribution in [2.24, 2.45) is 11.3 Å². The van der Waals surface area contributed by atoms with E-state index in [2.05, 4.69) is 29.6 Å². The third kappa shape index (κ3) is 3.65. The Kier molecular flexibility index (Phi) is 4.43. The van der Waals surface area contributed by atoms with Crippen LogP contribution in [0.3, 0.4) is 0 Å². The first-order chi connectivity index (χ1) is 8.91. The fourth-order valence-corrected chi connectivity index (χ4v) is 2.87. The van der Waals surface area contributed by atoms with Crippen molar-refractivity contribution in [1.82, 2.24) is 4.98 Å². The summed E-state index contributed by atoms with van der Waals surface area (Å²) in [5.41, 5.74) is 2.92. The van der Waals surface area contributed by atoms with Crippen LogP contribution in [0.4, 0.5) is 11.6 Å². The zero-order valence-electron chi connectivity index (χ0n) is 11.3. The second-order valence-corrected chi connectivity index (χ2v) is 6.69. The molecule has 2 rings (SSSR count). The van der Waals surface area contributed by atoms with Gasteiger partial charge in [-0.2, -0.15) is 0 Å². The number of rotatable bonds is 3. The van der Waals surface area contributed by atoms with Crippen LogP contribution < -0.4 is 16.6 Å². The molecule has 0 amide bonds. The number of halogens is 2. The molecule has 0 aromatic carbocycles. The molecular weight excluding hydrogens is 283 g/mol. The number of hydrogen-bond donors (Lipinski definition) is 3. The number of nitrogen functional groups attached to an aromatic ring is 1. The fraction of sp³-hybridized carbons (Fsp3) is 0.615. The van der Waals surface area contributed by atoms with Gasteiger partial charge in [-0.25, -0.2) is 10.8 Å². The molecule has 106 valence electrons. The number of nitrogens with one attached hydrogen (secondary N) is 2. The molecule has 0 atom stereocenters. The van der Waals surface area contributed by atoms with Gasteiger partial charge in [-0.1, -0.05) is 37.0 Å². The number of anilines is 2. The Bertz CT molecular complexity index is 452. The van der Waals surface area contributed by atoms with E-state index >= 15 is 0 Å². The van der Waals surface area contributed by atoms with Crippen molar-refractivity contribution in [3.63, 3.8) is 0 Å². The second kappa shape index (κ2) is 5.73. The molecule has 6 heteroatoms. The molecule has 19 heavy (non-hydrogen) atoms. The summed E-state index contributed by atoms with van der Waals surface area (Å²) in [4.78, 5) is 4.31. The summed E-state index contributed by atoms with van der Waals surface area (Å²) >= 11 is 12.1. The molecular formula is C13H20Cl2N4. The summed E-state index contributed by atoms with van der Waals surface area (Å²) in [7, 11) is 0. The first kappa shape index (κ1) is 14.7. The van der Waals surface area contributed by atoms with Crippen LogP contribution in [-0.2, 0) is 0 Å². The average molecular weight is 303 g/mol. The molecule has 1 aliphatic carbocycles. The first-order valence-electron chi connectivity index (χ1n) is 6.50. The van der Waals surface area contributed by atoms with Crippen LogP contribution in [0.15, 0.2) is 6.07 Å². The van der Waals surface area contributed by atoms with E-state index in [0.29, 0.717) is 33.1 Å². The molecule has 1 aromatic heterocycles. The lowest BCUT2D eigenvalue weighted by Crippen LogP contribution is -2.30. The van der Waals surface area contributed by atoms with Crippen LogP contribution in [-0.4, -0.2) is 11.0 Å². The zero-order chi connectivity index (χ0) is 14.0. The first-order valence-corrected chi connectivity index (χ1v) is 7.26. The average Bonchev–Trinajstić information content (AvgIpc) is 2.35. The van der Waals surface area contributed by atoms with Gasteiger partial charge in [0.25, 0.3) is 0 Å². The van der Waals surface area contributed by atoms with E-state index in [-0.39, 0.29) is 0 Å².